The van der Waals surface area contributed by atoms with Gasteiger partial charge in [-0.25, -0.2) is 4.90 Å². The van der Waals surface area contributed by atoms with Crippen LogP contribution in [0.5, 0.6) is 11.5 Å². The van der Waals surface area contributed by atoms with E-state index >= 15 is 0 Å². The van der Waals surface area contributed by atoms with Crippen molar-refractivity contribution in [3.63, 3.8) is 0 Å². The first-order valence-corrected chi connectivity index (χ1v) is 10.2. The van der Waals surface area contributed by atoms with Crippen LogP contribution in [0, 0.1) is 6.92 Å². The van der Waals surface area contributed by atoms with Crippen LogP contribution in [0.15, 0.2) is 54.2 Å². The van der Waals surface area contributed by atoms with E-state index in [1.54, 1.807) is 6.07 Å². The number of hydrogen-bond acceptors (Lipinski definition) is 5. The molecule has 1 saturated heterocycles. The number of carbonyl (C=O) groups excluding carboxylic acids is 2. The number of anilines is 1. The summed E-state index contributed by atoms with van der Waals surface area (Å²) in [6, 6.07) is 13.6. The zero-order chi connectivity index (χ0) is 20.7. The number of rotatable bonds is 4. The molecule has 0 saturated carbocycles. The second kappa shape index (κ2) is 7.50. The summed E-state index contributed by atoms with van der Waals surface area (Å²) in [5, 5.41) is 0. The van der Waals surface area contributed by atoms with Gasteiger partial charge in [0.2, 0.25) is 6.79 Å². The van der Waals surface area contributed by atoms with Crippen molar-refractivity contribution in [2.24, 2.45) is 0 Å². The van der Waals surface area contributed by atoms with E-state index in [0.29, 0.717) is 11.4 Å². The predicted molar refractivity (Wildman–Crippen MR) is 110 cm³/mol. The van der Waals surface area contributed by atoms with Crippen LogP contribution in [0.1, 0.15) is 11.1 Å². The number of ether oxygens (including phenoxy) is 2. The van der Waals surface area contributed by atoms with Gasteiger partial charge in [-0.15, -0.1) is 0 Å². The Kier molecular flexibility index (Phi) is 4.67. The molecular formula is C23H24N3O4+. The van der Waals surface area contributed by atoms with Crippen LogP contribution in [0.3, 0.4) is 0 Å². The van der Waals surface area contributed by atoms with Crippen LogP contribution in [0.2, 0.25) is 0 Å². The molecule has 2 amide bonds. The lowest BCUT2D eigenvalue weighted by Crippen LogP contribution is -3.13. The molecule has 0 bridgehead atoms. The molecule has 0 aliphatic carbocycles. The van der Waals surface area contributed by atoms with Crippen molar-refractivity contribution < 1.29 is 24.0 Å². The van der Waals surface area contributed by atoms with Gasteiger partial charge in [-0.1, -0.05) is 12.1 Å². The topological polar surface area (TPSA) is 63.5 Å². The van der Waals surface area contributed by atoms with Gasteiger partial charge in [0.15, 0.2) is 11.5 Å². The van der Waals surface area contributed by atoms with Crippen LogP contribution in [-0.4, -0.2) is 49.7 Å². The second-order valence-corrected chi connectivity index (χ2v) is 7.95. The number of nitrogens with zero attached hydrogens (tertiary/aromatic N) is 2. The molecular weight excluding hydrogens is 382 g/mol. The van der Waals surface area contributed by atoms with Crippen molar-refractivity contribution >= 4 is 17.5 Å². The Morgan fingerprint density at radius 3 is 2.60 bits per heavy atom. The third-order valence-electron chi connectivity index (χ3n) is 5.86. The van der Waals surface area contributed by atoms with E-state index in [1.165, 1.54) is 21.4 Å². The molecule has 5 rings (SSSR count). The summed E-state index contributed by atoms with van der Waals surface area (Å²) in [4.78, 5) is 30.2. The smallest absolute Gasteiger partial charge is 0.281 e. The Labute approximate surface area is 175 Å². The number of amides is 2. The maximum absolute atomic E-state index is 13.0. The van der Waals surface area contributed by atoms with Crippen molar-refractivity contribution in [2.45, 2.75) is 13.5 Å². The molecule has 0 spiro atoms. The SMILES string of the molecule is Cc1cccc(N2C(=O)C=C(N3CC[NH+](Cc4ccc5c(c4)OCO5)CC3)C2=O)c1. The molecule has 0 radical (unpaired) electrons. The van der Waals surface area contributed by atoms with E-state index in [2.05, 4.69) is 6.07 Å². The van der Waals surface area contributed by atoms with Gasteiger partial charge in [0, 0.05) is 11.6 Å². The standard InChI is InChI=1S/C23H23N3O4/c1-16-3-2-4-18(11-16)26-22(27)13-19(23(26)28)25-9-7-24(8-10-25)14-17-5-6-20-21(12-17)30-15-29-20/h2-6,11-13H,7-10,14-15H2,1H3/p+1. The number of nitrogens with one attached hydrogen (secondary N) is 1. The minimum Gasteiger partial charge on any atom is -0.454 e. The van der Waals surface area contributed by atoms with Gasteiger partial charge in [0.1, 0.15) is 12.2 Å². The number of fused-ring (bicyclic) bond motifs is 1. The van der Waals surface area contributed by atoms with Crippen molar-refractivity contribution in [1.29, 1.82) is 0 Å². The number of quaternary nitrogens is 1. The van der Waals surface area contributed by atoms with Crippen LogP contribution in [0.4, 0.5) is 5.69 Å². The fraction of sp³-hybridized carbons (Fsp3) is 0.304. The molecule has 154 valence electrons. The fourth-order valence-corrected chi connectivity index (χ4v) is 4.28. The Morgan fingerprint density at radius 1 is 1.00 bits per heavy atom. The highest BCUT2D eigenvalue weighted by atomic mass is 16.7. The Balaban J connectivity index is 1.22. The molecule has 0 aromatic heterocycles. The van der Waals surface area contributed by atoms with Crippen molar-refractivity contribution in [2.75, 3.05) is 37.9 Å². The Bertz CT molecular complexity index is 1040. The molecule has 3 aliphatic rings. The van der Waals surface area contributed by atoms with E-state index in [-0.39, 0.29) is 18.6 Å². The second-order valence-electron chi connectivity index (χ2n) is 7.95. The molecule has 7 heteroatoms. The molecule has 0 atom stereocenters. The average Bonchev–Trinajstić information content (AvgIpc) is 3.32. The van der Waals surface area contributed by atoms with E-state index in [4.69, 9.17) is 9.47 Å². The van der Waals surface area contributed by atoms with Crippen molar-refractivity contribution in [3.8, 4) is 11.5 Å². The number of imide groups is 1. The van der Waals surface area contributed by atoms with Gasteiger partial charge in [-0.3, -0.25) is 9.59 Å². The van der Waals surface area contributed by atoms with Gasteiger partial charge in [-0.2, -0.15) is 0 Å². The maximum atomic E-state index is 13.0. The lowest BCUT2D eigenvalue weighted by molar-refractivity contribution is -0.917. The minimum absolute atomic E-state index is 0.232. The zero-order valence-electron chi connectivity index (χ0n) is 16.9. The van der Waals surface area contributed by atoms with E-state index in [1.807, 2.05) is 42.2 Å². The van der Waals surface area contributed by atoms with E-state index in [9.17, 15) is 9.59 Å². The largest absolute Gasteiger partial charge is 0.454 e. The minimum atomic E-state index is -0.268. The highest BCUT2D eigenvalue weighted by Crippen LogP contribution is 2.32. The summed E-state index contributed by atoms with van der Waals surface area (Å²) in [5.41, 5.74) is 3.36. The molecule has 2 aromatic rings. The van der Waals surface area contributed by atoms with Gasteiger partial charge >= 0.3 is 0 Å². The molecule has 2 aromatic carbocycles. The number of benzene rings is 2. The first-order valence-electron chi connectivity index (χ1n) is 10.2. The summed E-state index contributed by atoms with van der Waals surface area (Å²) < 4.78 is 10.8. The molecule has 7 nitrogen and oxygen atoms in total. The first kappa shape index (κ1) is 18.7. The quantitative estimate of drug-likeness (QED) is 0.764. The van der Waals surface area contributed by atoms with Crippen LogP contribution in [0.25, 0.3) is 0 Å². The normalized spacial score (nSPS) is 18.9. The van der Waals surface area contributed by atoms with Crippen LogP contribution >= 0.6 is 0 Å². The number of piperazine rings is 1. The molecule has 1 N–H and O–H groups in total. The fourth-order valence-electron chi connectivity index (χ4n) is 4.28. The van der Waals surface area contributed by atoms with Gasteiger partial charge < -0.3 is 19.3 Å². The maximum Gasteiger partial charge on any atom is 0.281 e. The number of aryl methyl sites for hydroxylation is 1. The van der Waals surface area contributed by atoms with Gasteiger partial charge in [0.05, 0.1) is 31.9 Å². The van der Waals surface area contributed by atoms with Crippen LogP contribution < -0.4 is 19.3 Å². The highest BCUT2D eigenvalue weighted by Gasteiger charge is 2.37. The monoisotopic (exact) mass is 406 g/mol. The van der Waals surface area contributed by atoms with E-state index < -0.39 is 0 Å². The molecule has 1 fully saturated rings. The molecule has 30 heavy (non-hydrogen) atoms. The average molecular weight is 406 g/mol. The summed E-state index contributed by atoms with van der Waals surface area (Å²) in [6.07, 6.45) is 1.48. The highest BCUT2D eigenvalue weighted by molar-refractivity contribution is 6.30. The lowest BCUT2D eigenvalue weighted by atomic mass is 10.1. The van der Waals surface area contributed by atoms with Crippen molar-refractivity contribution in [3.05, 3.63) is 65.4 Å². The number of carbonyl (C=O) groups is 2. The molecule has 3 heterocycles. The molecule has 0 unspecified atom stereocenters. The van der Waals surface area contributed by atoms with Crippen LogP contribution in [-0.2, 0) is 16.1 Å². The Morgan fingerprint density at radius 2 is 1.80 bits per heavy atom. The van der Waals surface area contributed by atoms with E-state index in [0.717, 1.165) is 49.8 Å². The number of hydrogen-bond donors (Lipinski definition) is 1. The summed E-state index contributed by atoms with van der Waals surface area (Å²) >= 11 is 0. The van der Waals surface area contributed by atoms with Gasteiger partial charge in [0.25, 0.3) is 11.8 Å². The summed E-state index contributed by atoms with van der Waals surface area (Å²) in [5.74, 6) is 1.11. The lowest BCUT2D eigenvalue weighted by Gasteiger charge is -2.33. The summed E-state index contributed by atoms with van der Waals surface area (Å²) in [7, 11) is 0. The van der Waals surface area contributed by atoms with Crippen molar-refractivity contribution in [1.82, 2.24) is 4.90 Å². The Hall–Kier alpha value is -3.32. The third-order valence-corrected chi connectivity index (χ3v) is 5.86. The predicted octanol–water partition coefficient (Wildman–Crippen LogP) is 0.882. The zero-order valence-corrected chi connectivity index (χ0v) is 16.9. The third kappa shape index (κ3) is 3.41. The molecule has 3 aliphatic heterocycles. The first-order chi connectivity index (χ1) is 14.6. The summed E-state index contributed by atoms with van der Waals surface area (Å²) in [6.45, 7) is 6.41. The van der Waals surface area contributed by atoms with Gasteiger partial charge in [-0.05, 0) is 42.8 Å².